The second-order valence-electron chi connectivity index (χ2n) is 4.29. The molecule has 0 atom stereocenters. The van der Waals surface area contributed by atoms with Crippen LogP contribution in [0.1, 0.15) is 11.1 Å². The van der Waals surface area contributed by atoms with Crippen molar-refractivity contribution < 1.29 is 0 Å². The number of nitrogens with two attached hydrogens (primary N) is 1. The summed E-state index contributed by atoms with van der Waals surface area (Å²) in [5.74, 6) is 0. The fourth-order valence-electron chi connectivity index (χ4n) is 1.97. The molecule has 0 radical (unpaired) electrons. The van der Waals surface area contributed by atoms with Crippen molar-refractivity contribution in [2.24, 2.45) is 0 Å². The molecule has 0 aliphatic rings. The van der Waals surface area contributed by atoms with Gasteiger partial charge in [0.2, 0.25) is 0 Å². The average molecular weight is 316 g/mol. The Hall–Kier alpha value is -1.99. The highest BCUT2D eigenvalue weighted by atomic mass is 79.9. The van der Waals surface area contributed by atoms with Crippen molar-refractivity contribution in [3.05, 3.63) is 58.1 Å². The van der Waals surface area contributed by atoms with Crippen LogP contribution in [-0.2, 0) is 6.54 Å². The molecule has 0 fully saturated rings. The Kier molecular flexibility index (Phi) is 4.08. The summed E-state index contributed by atoms with van der Waals surface area (Å²) in [5, 5.41) is 9.13. The van der Waals surface area contributed by atoms with Gasteiger partial charge >= 0.3 is 0 Å². The highest BCUT2D eigenvalue weighted by molar-refractivity contribution is 9.10. The van der Waals surface area contributed by atoms with Crippen LogP contribution in [0.2, 0.25) is 0 Å². The predicted molar refractivity (Wildman–Crippen MR) is 81.8 cm³/mol. The summed E-state index contributed by atoms with van der Waals surface area (Å²) in [6.45, 7) is 0.645. The largest absolute Gasteiger partial charge is 0.398 e. The summed E-state index contributed by atoms with van der Waals surface area (Å²) in [6.07, 6.45) is 0. The van der Waals surface area contributed by atoms with E-state index in [1.165, 1.54) is 0 Å². The Balaban J connectivity index is 2.32. The van der Waals surface area contributed by atoms with Crippen molar-refractivity contribution >= 4 is 27.3 Å². The predicted octanol–water partition coefficient (Wildman–Crippen LogP) is 3.54. The first-order valence-corrected chi connectivity index (χ1v) is 6.66. The number of para-hydroxylation sites is 1. The SMILES string of the molecule is CN(Cc1c(N)cccc1Br)c1ccccc1C#N. The van der Waals surface area contributed by atoms with Gasteiger partial charge in [0.1, 0.15) is 6.07 Å². The lowest BCUT2D eigenvalue weighted by molar-refractivity contribution is 0.919. The number of hydrogen-bond donors (Lipinski definition) is 1. The number of rotatable bonds is 3. The normalized spacial score (nSPS) is 9.95. The zero-order chi connectivity index (χ0) is 13.8. The van der Waals surface area contributed by atoms with E-state index in [1.54, 1.807) is 0 Å². The van der Waals surface area contributed by atoms with Gasteiger partial charge in [-0.3, -0.25) is 0 Å². The molecule has 19 heavy (non-hydrogen) atoms. The van der Waals surface area contributed by atoms with Crippen molar-refractivity contribution in [1.82, 2.24) is 0 Å². The maximum absolute atomic E-state index is 9.13. The smallest absolute Gasteiger partial charge is 0.101 e. The third-order valence-corrected chi connectivity index (χ3v) is 3.73. The van der Waals surface area contributed by atoms with Crippen LogP contribution in [0.15, 0.2) is 46.9 Å². The van der Waals surface area contributed by atoms with Crippen LogP contribution in [0.3, 0.4) is 0 Å². The van der Waals surface area contributed by atoms with E-state index in [2.05, 4.69) is 22.0 Å². The lowest BCUT2D eigenvalue weighted by Gasteiger charge is -2.22. The minimum Gasteiger partial charge on any atom is -0.398 e. The number of hydrogen-bond acceptors (Lipinski definition) is 3. The standard InChI is InChI=1S/C15H14BrN3/c1-19(15-8-3-2-5-11(15)9-17)10-12-13(16)6-4-7-14(12)18/h2-8H,10,18H2,1H3. The molecule has 0 saturated heterocycles. The molecule has 3 nitrogen and oxygen atoms in total. The molecule has 0 unspecified atom stereocenters. The lowest BCUT2D eigenvalue weighted by Crippen LogP contribution is -2.18. The van der Waals surface area contributed by atoms with E-state index in [9.17, 15) is 0 Å². The summed E-state index contributed by atoms with van der Waals surface area (Å²) in [7, 11) is 1.95. The van der Waals surface area contributed by atoms with Crippen LogP contribution < -0.4 is 10.6 Å². The fraction of sp³-hybridized carbons (Fsp3) is 0.133. The molecule has 0 amide bonds. The van der Waals surface area contributed by atoms with Gasteiger partial charge < -0.3 is 10.6 Å². The second kappa shape index (κ2) is 5.77. The molecule has 0 aromatic heterocycles. The molecule has 96 valence electrons. The van der Waals surface area contributed by atoms with Crippen LogP contribution in [-0.4, -0.2) is 7.05 Å². The minimum absolute atomic E-state index is 0.645. The van der Waals surface area contributed by atoms with Gasteiger partial charge in [-0.05, 0) is 24.3 Å². The van der Waals surface area contributed by atoms with Crippen molar-refractivity contribution in [3.8, 4) is 6.07 Å². The van der Waals surface area contributed by atoms with Crippen LogP contribution in [0.25, 0.3) is 0 Å². The molecular weight excluding hydrogens is 302 g/mol. The van der Waals surface area contributed by atoms with Gasteiger partial charge in [-0.1, -0.05) is 34.1 Å². The number of nitrogen functional groups attached to an aromatic ring is 1. The summed E-state index contributed by atoms with van der Waals surface area (Å²) < 4.78 is 0.980. The molecule has 2 aromatic rings. The zero-order valence-electron chi connectivity index (χ0n) is 10.6. The van der Waals surface area contributed by atoms with Gasteiger partial charge in [-0.15, -0.1) is 0 Å². The van der Waals surface area contributed by atoms with Crippen molar-refractivity contribution in [3.63, 3.8) is 0 Å². The summed E-state index contributed by atoms with van der Waals surface area (Å²) in [6, 6.07) is 15.5. The Morgan fingerprint density at radius 2 is 1.95 bits per heavy atom. The highest BCUT2D eigenvalue weighted by Gasteiger charge is 2.10. The van der Waals surface area contributed by atoms with Crippen molar-refractivity contribution in [2.45, 2.75) is 6.54 Å². The molecule has 2 aromatic carbocycles. The molecule has 0 aliphatic carbocycles. The van der Waals surface area contributed by atoms with Gasteiger partial charge in [0.05, 0.1) is 11.3 Å². The molecule has 2 rings (SSSR count). The fourth-order valence-corrected chi connectivity index (χ4v) is 2.47. The van der Waals surface area contributed by atoms with E-state index >= 15 is 0 Å². The number of nitrogens with zero attached hydrogens (tertiary/aromatic N) is 2. The Morgan fingerprint density at radius 3 is 2.63 bits per heavy atom. The van der Waals surface area contributed by atoms with Crippen LogP contribution in [0.5, 0.6) is 0 Å². The van der Waals surface area contributed by atoms with Crippen molar-refractivity contribution in [2.75, 3.05) is 17.7 Å². The van der Waals surface area contributed by atoms with Crippen LogP contribution in [0, 0.1) is 11.3 Å². The maximum atomic E-state index is 9.13. The number of benzene rings is 2. The third-order valence-electron chi connectivity index (χ3n) is 2.99. The molecule has 0 bridgehead atoms. The van der Waals surface area contributed by atoms with Crippen molar-refractivity contribution in [1.29, 1.82) is 5.26 Å². The molecular formula is C15H14BrN3. The molecule has 2 N–H and O–H groups in total. The van der Waals surface area contributed by atoms with E-state index in [1.807, 2.05) is 54.4 Å². The first kappa shape index (κ1) is 13.4. The van der Waals surface area contributed by atoms with Gasteiger partial charge in [0, 0.05) is 29.3 Å². The summed E-state index contributed by atoms with van der Waals surface area (Å²) >= 11 is 3.51. The number of anilines is 2. The topological polar surface area (TPSA) is 53.0 Å². The van der Waals surface area contributed by atoms with E-state index in [0.29, 0.717) is 12.1 Å². The van der Waals surface area contributed by atoms with E-state index in [-0.39, 0.29) is 0 Å². The Bertz CT molecular complexity index is 611. The Labute approximate surface area is 121 Å². The van der Waals surface area contributed by atoms with Crippen LogP contribution in [0.4, 0.5) is 11.4 Å². The lowest BCUT2D eigenvalue weighted by atomic mass is 10.1. The van der Waals surface area contributed by atoms with Gasteiger partial charge in [0.15, 0.2) is 0 Å². The van der Waals surface area contributed by atoms with E-state index < -0.39 is 0 Å². The van der Waals surface area contributed by atoms with E-state index in [0.717, 1.165) is 21.4 Å². The first-order valence-electron chi connectivity index (χ1n) is 5.86. The maximum Gasteiger partial charge on any atom is 0.101 e. The average Bonchev–Trinajstić information content (AvgIpc) is 2.42. The highest BCUT2D eigenvalue weighted by Crippen LogP contribution is 2.27. The number of halogens is 1. The summed E-state index contributed by atoms with van der Waals surface area (Å²) in [5.41, 5.74) is 9.33. The van der Waals surface area contributed by atoms with Crippen LogP contribution >= 0.6 is 15.9 Å². The monoisotopic (exact) mass is 315 g/mol. The van der Waals surface area contributed by atoms with Gasteiger partial charge in [-0.25, -0.2) is 0 Å². The zero-order valence-corrected chi connectivity index (χ0v) is 12.2. The van der Waals surface area contributed by atoms with Gasteiger partial charge in [0.25, 0.3) is 0 Å². The molecule has 0 saturated carbocycles. The molecule has 0 spiro atoms. The second-order valence-corrected chi connectivity index (χ2v) is 5.15. The molecule has 0 heterocycles. The van der Waals surface area contributed by atoms with Gasteiger partial charge in [-0.2, -0.15) is 5.26 Å². The Morgan fingerprint density at radius 1 is 1.21 bits per heavy atom. The van der Waals surface area contributed by atoms with E-state index in [4.69, 9.17) is 11.0 Å². The summed E-state index contributed by atoms with van der Waals surface area (Å²) in [4.78, 5) is 2.02. The third kappa shape index (κ3) is 2.88. The number of nitriles is 1. The molecule has 0 aliphatic heterocycles. The molecule has 4 heteroatoms. The first-order chi connectivity index (χ1) is 9.13. The minimum atomic E-state index is 0.645. The quantitative estimate of drug-likeness (QED) is 0.881.